The van der Waals surface area contributed by atoms with Gasteiger partial charge in [-0.05, 0) is 44.2 Å². The number of rotatable bonds is 6. The SMILES string of the molecule is CCNC(=NCC1CC1)NCCc1c(F)cccc1F.I. The predicted octanol–water partition coefficient (Wildman–Crippen LogP) is 3.09. The molecule has 0 unspecified atom stereocenters. The molecule has 0 aliphatic heterocycles. The van der Waals surface area contributed by atoms with E-state index in [4.69, 9.17) is 0 Å². The quantitative estimate of drug-likeness (QED) is 0.431. The number of hydrogen-bond donors (Lipinski definition) is 2. The zero-order valence-corrected chi connectivity index (χ0v) is 14.5. The fourth-order valence-corrected chi connectivity index (χ4v) is 1.94. The van der Waals surface area contributed by atoms with Crippen LogP contribution in [0.15, 0.2) is 23.2 Å². The number of nitrogens with one attached hydrogen (secondary N) is 2. The van der Waals surface area contributed by atoms with E-state index in [1.807, 2.05) is 6.92 Å². The molecule has 0 amide bonds. The Morgan fingerprint density at radius 3 is 2.48 bits per heavy atom. The molecule has 0 bridgehead atoms. The normalized spacial score (nSPS) is 14.5. The summed E-state index contributed by atoms with van der Waals surface area (Å²) in [6, 6.07) is 3.94. The highest BCUT2D eigenvalue weighted by atomic mass is 127. The molecule has 2 rings (SSSR count). The molecule has 1 fully saturated rings. The number of nitrogens with zero attached hydrogens (tertiary/aromatic N) is 1. The largest absolute Gasteiger partial charge is 0.357 e. The summed E-state index contributed by atoms with van der Waals surface area (Å²) in [6.07, 6.45) is 2.80. The third-order valence-corrected chi connectivity index (χ3v) is 3.28. The van der Waals surface area contributed by atoms with Crippen LogP contribution in [-0.4, -0.2) is 25.6 Å². The summed E-state index contributed by atoms with van der Waals surface area (Å²) in [5, 5.41) is 6.24. The van der Waals surface area contributed by atoms with E-state index in [0.29, 0.717) is 13.0 Å². The molecule has 1 aromatic carbocycles. The maximum Gasteiger partial charge on any atom is 0.191 e. The zero-order chi connectivity index (χ0) is 14.4. The lowest BCUT2D eigenvalue weighted by atomic mass is 10.1. The second-order valence-corrected chi connectivity index (χ2v) is 5.04. The molecule has 0 spiro atoms. The van der Waals surface area contributed by atoms with Crippen LogP contribution in [-0.2, 0) is 6.42 Å². The molecule has 2 N–H and O–H groups in total. The summed E-state index contributed by atoms with van der Waals surface area (Å²) >= 11 is 0. The highest BCUT2D eigenvalue weighted by molar-refractivity contribution is 14.0. The first kappa shape index (κ1) is 18.1. The van der Waals surface area contributed by atoms with Gasteiger partial charge in [0, 0.05) is 25.2 Å². The van der Waals surface area contributed by atoms with Crippen molar-refractivity contribution >= 4 is 29.9 Å². The van der Waals surface area contributed by atoms with Crippen molar-refractivity contribution in [1.29, 1.82) is 0 Å². The van der Waals surface area contributed by atoms with Gasteiger partial charge in [0.2, 0.25) is 0 Å². The van der Waals surface area contributed by atoms with E-state index in [0.717, 1.165) is 25.0 Å². The summed E-state index contributed by atoms with van der Waals surface area (Å²) in [7, 11) is 0. The number of guanidine groups is 1. The number of aliphatic imine (C=N–C) groups is 1. The first-order valence-electron chi connectivity index (χ1n) is 7.15. The average molecular weight is 409 g/mol. The summed E-state index contributed by atoms with van der Waals surface area (Å²) in [5.74, 6) is 0.448. The molecule has 0 radical (unpaired) electrons. The summed E-state index contributed by atoms with van der Waals surface area (Å²) in [5.41, 5.74) is 0.123. The van der Waals surface area contributed by atoms with Gasteiger partial charge in [-0.1, -0.05) is 6.07 Å². The smallest absolute Gasteiger partial charge is 0.191 e. The second kappa shape index (κ2) is 9.17. The van der Waals surface area contributed by atoms with Crippen LogP contribution in [0.5, 0.6) is 0 Å². The zero-order valence-electron chi connectivity index (χ0n) is 12.2. The Bertz CT molecular complexity index is 456. The first-order valence-corrected chi connectivity index (χ1v) is 7.15. The molecule has 0 heterocycles. The van der Waals surface area contributed by atoms with Crippen molar-refractivity contribution in [3.8, 4) is 0 Å². The average Bonchev–Trinajstić information content (AvgIpc) is 3.23. The Hall–Kier alpha value is -0.920. The van der Waals surface area contributed by atoms with Crippen molar-refractivity contribution in [3.05, 3.63) is 35.4 Å². The molecule has 1 aliphatic rings. The van der Waals surface area contributed by atoms with E-state index in [2.05, 4.69) is 15.6 Å². The molecule has 0 atom stereocenters. The third-order valence-electron chi connectivity index (χ3n) is 3.28. The lowest BCUT2D eigenvalue weighted by Gasteiger charge is -2.11. The van der Waals surface area contributed by atoms with Crippen LogP contribution in [0.2, 0.25) is 0 Å². The van der Waals surface area contributed by atoms with Crippen molar-refractivity contribution in [2.45, 2.75) is 26.2 Å². The van der Waals surface area contributed by atoms with Crippen molar-refractivity contribution < 1.29 is 8.78 Å². The molecule has 1 aliphatic carbocycles. The highest BCUT2D eigenvalue weighted by Gasteiger charge is 2.20. The number of halogens is 3. The molecular weight excluding hydrogens is 387 g/mol. The van der Waals surface area contributed by atoms with Gasteiger partial charge in [0.25, 0.3) is 0 Å². The fourth-order valence-electron chi connectivity index (χ4n) is 1.94. The van der Waals surface area contributed by atoms with Crippen LogP contribution < -0.4 is 10.6 Å². The Morgan fingerprint density at radius 2 is 1.90 bits per heavy atom. The topological polar surface area (TPSA) is 36.4 Å². The number of benzene rings is 1. The van der Waals surface area contributed by atoms with E-state index in [-0.39, 0.29) is 29.5 Å². The van der Waals surface area contributed by atoms with Gasteiger partial charge in [0.05, 0.1) is 0 Å². The van der Waals surface area contributed by atoms with Gasteiger partial charge < -0.3 is 10.6 Å². The third kappa shape index (κ3) is 6.15. The van der Waals surface area contributed by atoms with Gasteiger partial charge in [-0.2, -0.15) is 0 Å². The lowest BCUT2D eigenvalue weighted by Crippen LogP contribution is -2.38. The van der Waals surface area contributed by atoms with Crippen LogP contribution in [0, 0.1) is 17.6 Å². The monoisotopic (exact) mass is 409 g/mol. The molecule has 0 saturated heterocycles. The highest BCUT2D eigenvalue weighted by Crippen LogP contribution is 2.28. The minimum Gasteiger partial charge on any atom is -0.357 e. The van der Waals surface area contributed by atoms with Crippen molar-refractivity contribution in [2.75, 3.05) is 19.6 Å². The fraction of sp³-hybridized carbons (Fsp3) is 0.533. The molecule has 1 saturated carbocycles. The van der Waals surface area contributed by atoms with Gasteiger partial charge in [0.15, 0.2) is 5.96 Å². The van der Waals surface area contributed by atoms with E-state index in [1.54, 1.807) is 0 Å². The molecule has 21 heavy (non-hydrogen) atoms. The first-order chi connectivity index (χ1) is 9.70. The second-order valence-electron chi connectivity index (χ2n) is 5.04. The van der Waals surface area contributed by atoms with E-state index < -0.39 is 11.6 Å². The molecule has 3 nitrogen and oxygen atoms in total. The molecular formula is C15H22F2IN3. The van der Waals surface area contributed by atoms with Gasteiger partial charge in [0.1, 0.15) is 11.6 Å². The van der Waals surface area contributed by atoms with Gasteiger partial charge in [-0.3, -0.25) is 4.99 Å². The molecule has 118 valence electrons. The Balaban J connectivity index is 0.00000220. The van der Waals surface area contributed by atoms with Gasteiger partial charge in [-0.25, -0.2) is 8.78 Å². The van der Waals surface area contributed by atoms with E-state index in [9.17, 15) is 8.78 Å². The summed E-state index contributed by atoms with van der Waals surface area (Å²) in [6.45, 7) is 4.03. The Morgan fingerprint density at radius 1 is 1.24 bits per heavy atom. The van der Waals surface area contributed by atoms with Gasteiger partial charge in [-0.15, -0.1) is 24.0 Å². The van der Waals surface area contributed by atoms with E-state index in [1.165, 1.54) is 31.0 Å². The van der Waals surface area contributed by atoms with Crippen molar-refractivity contribution in [1.82, 2.24) is 10.6 Å². The van der Waals surface area contributed by atoms with Crippen molar-refractivity contribution in [2.24, 2.45) is 10.9 Å². The Labute approximate surface area is 141 Å². The minimum absolute atomic E-state index is 0. The summed E-state index contributed by atoms with van der Waals surface area (Å²) < 4.78 is 26.9. The summed E-state index contributed by atoms with van der Waals surface area (Å²) in [4.78, 5) is 4.46. The van der Waals surface area contributed by atoms with Crippen LogP contribution in [0.4, 0.5) is 8.78 Å². The lowest BCUT2D eigenvalue weighted by molar-refractivity contribution is 0.553. The maximum absolute atomic E-state index is 13.5. The molecule has 6 heteroatoms. The van der Waals surface area contributed by atoms with Crippen LogP contribution in [0.1, 0.15) is 25.3 Å². The minimum atomic E-state index is -0.494. The van der Waals surface area contributed by atoms with Crippen LogP contribution >= 0.6 is 24.0 Å². The standard InChI is InChI=1S/C15H21F2N3.HI/c1-2-18-15(20-10-11-6-7-11)19-9-8-12-13(16)4-3-5-14(12)17;/h3-5,11H,2,6-10H2,1H3,(H2,18,19,20);1H. The van der Waals surface area contributed by atoms with Gasteiger partial charge >= 0.3 is 0 Å². The predicted molar refractivity (Wildman–Crippen MR) is 92.2 cm³/mol. The Kier molecular flexibility index (Phi) is 7.92. The molecule has 0 aromatic heterocycles. The number of hydrogen-bond acceptors (Lipinski definition) is 1. The molecule has 1 aromatic rings. The van der Waals surface area contributed by atoms with Crippen LogP contribution in [0.3, 0.4) is 0 Å². The van der Waals surface area contributed by atoms with E-state index >= 15 is 0 Å². The van der Waals surface area contributed by atoms with Crippen molar-refractivity contribution in [3.63, 3.8) is 0 Å². The van der Waals surface area contributed by atoms with Crippen LogP contribution in [0.25, 0.3) is 0 Å². The maximum atomic E-state index is 13.5.